The lowest BCUT2D eigenvalue weighted by molar-refractivity contribution is 0.300. The number of guanidine groups is 1. The lowest BCUT2D eigenvalue weighted by Gasteiger charge is -2.15. The number of pyridine rings is 1. The molecule has 9 heteroatoms. The van der Waals surface area contributed by atoms with Crippen molar-refractivity contribution in [3.8, 4) is 17.4 Å². The summed E-state index contributed by atoms with van der Waals surface area (Å²) in [6.07, 6.45) is 2.65. The van der Waals surface area contributed by atoms with E-state index in [4.69, 9.17) is 9.47 Å². The van der Waals surface area contributed by atoms with Gasteiger partial charge in [-0.25, -0.2) is 4.98 Å². The lowest BCUT2D eigenvalue weighted by atomic mass is 10.2. The van der Waals surface area contributed by atoms with Crippen LogP contribution in [0.2, 0.25) is 0 Å². The minimum Gasteiger partial charge on any atom is -0.490 e. The zero-order valence-electron chi connectivity index (χ0n) is 19.9. The van der Waals surface area contributed by atoms with Crippen LogP contribution in [0.4, 0.5) is 0 Å². The van der Waals surface area contributed by atoms with Crippen LogP contribution in [0.25, 0.3) is 0 Å². The van der Waals surface area contributed by atoms with Gasteiger partial charge in [-0.05, 0) is 38.5 Å². The largest absolute Gasteiger partial charge is 0.490 e. The molecule has 0 radical (unpaired) electrons. The molecule has 2 aromatic heterocycles. The van der Waals surface area contributed by atoms with Crippen molar-refractivity contribution in [1.82, 2.24) is 25.4 Å². The van der Waals surface area contributed by atoms with E-state index in [-0.39, 0.29) is 24.0 Å². The van der Waals surface area contributed by atoms with Crippen molar-refractivity contribution in [3.05, 3.63) is 65.1 Å². The van der Waals surface area contributed by atoms with Gasteiger partial charge in [0.1, 0.15) is 0 Å². The number of rotatable bonds is 9. The first-order chi connectivity index (χ1) is 15.5. The third kappa shape index (κ3) is 7.08. The zero-order chi connectivity index (χ0) is 22.9. The highest BCUT2D eigenvalue weighted by molar-refractivity contribution is 14.0. The molecule has 8 nitrogen and oxygen atoms in total. The summed E-state index contributed by atoms with van der Waals surface area (Å²) in [6, 6.07) is 11.5. The Morgan fingerprint density at radius 2 is 1.79 bits per heavy atom. The number of aliphatic imine (C=N–C) groups is 1. The molecule has 0 amide bonds. The third-order valence-corrected chi connectivity index (χ3v) is 5.13. The van der Waals surface area contributed by atoms with Crippen LogP contribution in [-0.4, -0.2) is 34.4 Å². The number of nitrogens with one attached hydrogen (secondary N) is 2. The Hall–Kier alpha value is -2.82. The second kappa shape index (κ2) is 13.0. The second-order valence-electron chi connectivity index (χ2n) is 7.42. The van der Waals surface area contributed by atoms with Crippen molar-refractivity contribution in [2.24, 2.45) is 12.0 Å². The minimum absolute atomic E-state index is 0. The minimum atomic E-state index is 0. The van der Waals surface area contributed by atoms with Crippen LogP contribution < -0.4 is 20.1 Å². The predicted octanol–water partition coefficient (Wildman–Crippen LogP) is 4.50. The van der Waals surface area contributed by atoms with Gasteiger partial charge in [-0.3, -0.25) is 9.67 Å². The molecule has 0 aliphatic carbocycles. The Balaban J connectivity index is 0.00000385. The van der Waals surface area contributed by atoms with Gasteiger partial charge < -0.3 is 20.1 Å². The molecule has 178 valence electrons. The van der Waals surface area contributed by atoms with Crippen molar-refractivity contribution in [2.75, 3.05) is 13.7 Å². The number of hydrogen-bond acceptors (Lipinski definition) is 5. The van der Waals surface area contributed by atoms with E-state index in [2.05, 4.69) is 39.6 Å². The number of ether oxygens (including phenoxy) is 2. The molecule has 0 bridgehead atoms. The van der Waals surface area contributed by atoms with Crippen LogP contribution in [0, 0.1) is 13.8 Å². The van der Waals surface area contributed by atoms with Crippen LogP contribution in [0.1, 0.15) is 35.9 Å². The van der Waals surface area contributed by atoms with E-state index in [0.717, 1.165) is 23.4 Å². The number of para-hydroxylation sites is 2. The first-order valence-corrected chi connectivity index (χ1v) is 10.8. The highest BCUT2D eigenvalue weighted by Crippen LogP contribution is 2.31. The molecule has 2 heterocycles. The topological polar surface area (TPSA) is 85.6 Å². The smallest absolute Gasteiger partial charge is 0.224 e. The summed E-state index contributed by atoms with van der Waals surface area (Å²) in [6.45, 7) is 7.93. The summed E-state index contributed by atoms with van der Waals surface area (Å²) in [5.74, 6) is 2.57. The number of nitrogens with zero attached hydrogens (tertiary/aromatic N) is 4. The Bertz CT molecular complexity index is 1070. The molecule has 0 aliphatic rings. The van der Waals surface area contributed by atoms with Crippen molar-refractivity contribution < 1.29 is 9.47 Å². The highest BCUT2D eigenvalue weighted by atomic mass is 127. The maximum Gasteiger partial charge on any atom is 0.224 e. The maximum atomic E-state index is 6.12. The monoisotopic (exact) mass is 564 g/mol. The average molecular weight is 564 g/mol. The van der Waals surface area contributed by atoms with Gasteiger partial charge in [0.15, 0.2) is 17.5 Å². The molecular weight excluding hydrogens is 531 g/mol. The molecule has 0 atom stereocenters. The summed E-state index contributed by atoms with van der Waals surface area (Å²) in [7, 11) is 3.70. The summed E-state index contributed by atoms with van der Waals surface area (Å²) in [5, 5.41) is 11.2. The lowest BCUT2D eigenvalue weighted by Crippen LogP contribution is -2.36. The van der Waals surface area contributed by atoms with Gasteiger partial charge in [0.2, 0.25) is 5.88 Å². The van der Waals surface area contributed by atoms with Gasteiger partial charge in [0.25, 0.3) is 0 Å². The Labute approximate surface area is 212 Å². The van der Waals surface area contributed by atoms with Gasteiger partial charge >= 0.3 is 0 Å². The van der Waals surface area contributed by atoms with E-state index in [1.807, 2.05) is 55.1 Å². The third-order valence-electron chi connectivity index (χ3n) is 5.13. The predicted molar refractivity (Wildman–Crippen MR) is 142 cm³/mol. The highest BCUT2D eigenvalue weighted by Gasteiger charge is 2.12. The van der Waals surface area contributed by atoms with Crippen LogP contribution >= 0.6 is 24.0 Å². The van der Waals surface area contributed by atoms with Crippen molar-refractivity contribution in [3.63, 3.8) is 0 Å². The van der Waals surface area contributed by atoms with Gasteiger partial charge in [0, 0.05) is 50.2 Å². The number of benzene rings is 1. The molecule has 0 saturated heterocycles. The molecule has 0 unspecified atom stereocenters. The fourth-order valence-electron chi connectivity index (χ4n) is 3.27. The summed E-state index contributed by atoms with van der Waals surface area (Å²) in [5.41, 5.74) is 4.23. The first kappa shape index (κ1) is 26.4. The number of halogens is 1. The molecule has 33 heavy (non-hydrogen) atoms. The van der Waals surface area contributed by atoms with Crippen LogP contribution in [0.15, 0.2) is 47.6 Å². The van der Waals surface area contributed by atoms with E-state index in [1.54, 1.807) is 13.2 Å². The molecule has 3 aromatic rings. The van der Waals surface area contributed by atoms with Crippen LogP contribution in [-0.2, 0) is 20.1 Å². The van der Waals surface area contributed by atoms with Gasteiger partial charge in [0.05, 0.1) is 12.3 Å². The van der Waals surface area contributed by atoms with E-state index in [1.165, 1.54) is 5.56 Å². The first-order valence-electron chi connectivity index (χ1n) is 10.8. The van der Waals surface area contributed by atoms with Gasteiger partial charge in [-0.1, -0.05) is 25.1 Å². The Morgan fingerprint density at radius 3 is 2.45 bits per heavy atom. The summed E-state index contributed by atoms with van der Waals surface area (Å²) >= 11 is 0. The van der Waals surface area contributed by atoms with Crippen molar-refractivity contribution >= 4 is 29.9 Å². The fraction of sp³-hybridized carbons (Fsp3) is 0.375. The quantitative estimate of drug-likeness (QED) is 0.226. The molecular formula is C24H33IN6O2. The second-order valence-corrected chi connectivity index (χ2v) is 7.42. The van der Waals surface area contributed by atoms with E-state index >= 15 is 0 Å². The Morgan fingerprint density at radius 1 is 1.06 bits per heavy atom. The fourth-order valence-corrected chi connectivity index (χ4v) is 3.27. The zero-order valence-corrected chi connectivity index (χ0v) is 22.2. The van der Waals surface area contributed by atoms with Crippen molar-refractivity contribution in [1.29, 1.82) is 0 Å². The number of aromatic nitrogens is 3. The summed E-state index contributed by atoms with van der Waals surface area (Å²) in [4.78, 5) is 8.76. The molecule has 0 aliphatic heterocycles. The molecule has 0 fully saturated rings. The number of aryl methyl sites for hydroxylation is 2. The van der Waals surface area contributed by atoms with Crippen LogP contribution in [0.5, 0.6) is 17.4 Å². The van der Waals surface area contributed by atoms with Crippen LogP contribution in [0.3, 0.4) is 0 Å². The molecule has 2 N–H and O–H groups in total. The average Bonchev–Trinajstić information content (AvgIpc) is 3.05. The van der Waals surface area contributed by atoms with Crippen molar-refractivity contribution in [2.45, 2.75) is 40.3 Å². The standard InChI is InChI=1S/C24H32N6O2.HI/c1-6-14-31-21-11-7-8-12-22(21)32-23-19(10-9-13-26-23)15-27-24(25-4)28-16-20-17(2)29-30(5)18(20)3;/h7-13H,6,14-16H2,1-5H3,(H2,25,27,28);1H. The SMILES string of the molecule is CCCOc1ccccc1Oc1ncccc1CNC(=NC)NCc1c(C)nn(C)c1C.I. The molecule has 1 aromatic carbocycles. The molecule has 0 spiro atoms. The van der Waals surface area contributed by atoms with Gasteiger partial charge in [-0.2, -0.15) is 5.10 Å². The van der Waals surface area contributed by atoms with Gasteiger partial charge in [-0.15, -0.1) is 24.0 Å². The van der Waals surface area contributed by atoms with E-state index in [9.17, 15) is 0 Å². The number of hydrogen-bond donors (Lipinski definition) is 2. The molecule has 3 rings (SSSR count). The maximum absolute atomic E-state index is 6.12. The normalized spacial score (nSPS) is 11.0. The molecule has 0 saturated carbocycles. The van der Waals surface area contributed by atoms with E-state index in [0.29, 0.717) is 43.0 Å². The summed E-state index contributed by atoms with van der Waals surface area (Å²) < 4.78 is 13.8. The Kier molecular flexibility index (Phi) is 10.4. The van der Waals surface area contributed by atoms with E-state index < -0.39 is 0 Å².